The van der Waals surface area contributed by atoms with E-state index in [-0.39, 0.29) is 5.41 Å². The van der Waals surface area contributed by atoms with Gasteiger partial charge in [-0.25, -0.2) is 13.8 Å². The lowest BCUT2D eigenvalue weighted by molar-refractivity contribution is -0.159. The van der Waals surface area contributed by atoms with Crippen molar-refractivity contribution in [2.24, 2.45) is 0 Å². The van der Waals surface area contributed by atoms with Gasteiger partial charge in [-0.2, -0.15) is 0 Å². The number of para-hydroxylation sites is 1. The maximum Gasteiger partial charge on any atom is 0.414 e. The molecule has 1 aliphatic heterocycles. The number of aliphatic carboxylic acids is 2. The van der Waals surface area contributed by atoms with Crippen LogP contribution in [0.15, 0.2) is 52.3 Å². The molecular formula is C23H30N2O5S. The van der Waals surface area contributed by atoms with Crippen LogP contribution in [0.2, 0.25) is 0 Å². The predicted molar refractivity (Wildman–Crippen MR) is 122 cm³/mol. The highest BCUT2D eigenvalue weighted by atomic mass is 32.2. The van der Waals surface area contributed by atoms with Crippen LogP contribution >= 0.6 is 0 Å². The van der Waals surface area contributed by atoms with Crippen LogP contribution in [0.25, 0.3) is 0 Å². The summed E-state index contributed by atoms with van der Waals surface area (Å²) in [5.74, 6) is -3.65. The molecular weight excluding hydrogens is 416 g/mol. The molecule has 2 aromatic rings. The molecule has 3 rings (SSSR count). The van der Waals surface area contributed by atoms with E-state index in [2.05, 4.69) is 68.9 Å². The van der Waals surface area contributed by atoms with E-state index >= 15 is 0 Å². The summed E-state index contributed by atoms with van der Waals surface area (Å²) in [6, 6.07) is 14.5. The molecule has 0 saturated carbocycles. The van der Waals surface area contributed by atoms with E-state index in [1.807, 2.05) is 18.2 Å². The van der Waals surface area contributed by atoms with Gasteiger partial charge in [0.2, 0.25) is 0 Å². The standard InChI is InChI=1S/C21H28N2OS.C2H2O4/c1-21(2,3)16-11-12-20-18(15-16)23(14-8-13-22(4)5)17-9-6-7-10-19(17)25(20)24;3-1(4)2(5)6/h6-7,9-12,15H,8,13-14H2,1-5H3;(H,3,4)(H,5,6). The average molecular weight is 447 g/mol. The van der Waals surface area contributed by atoms with E-state index in [1.54, 1.807) is 0 Å². The Balaban J connectivity index is 0.000000501. The highest BCUT2D eigenvalue weighted by Crippen LogP contribution is 2.43. The number of carboxylic acids is 2. The first-order valence-electron chi connectivity index (χ1n) is 9.97. The fourth-order valence-corrected chi connectivity index (χ4v) is 4.58. The van der Waals surface area contributed by atoms with Gasteiger partial charge in [0.1, 0.15) is 0 Å². The largest absolute Gasteiger partial charge is 0.473 e. The van der Waals surface area contributed by atoms with Crippen molar-refractivity contribution >= 4 is 34.1 Å². The predicted octanol–water partition coefficient (Wildman–Crippen LogP) is 3.71. The Labute approximate surface area is 185 Å². The zero-order chi connectivity index (χ0) is 23.3. The Morgan fingerprint density at radius 1 is 0.968 bits per heavy atom. The number of carbonyl (C=O) groups is 2. The lowest BCUT2D eigenvalue weighted by atomic mass is 9.87. The van der Waals surface area contributed by atoms with Gasteiger partial charge in [0.25, 0.3) is 0 Å². The molecule has 0 amide bonds. The number of hydrogen-bond acceptors (Lipinski definition) is 5. The number of carboxylic acid groups (broad SMARTS) is 2. The van der Waals surface area contributed by atoms with Crippen LogP contribution in [0.1, 0.15) is 32.8 Å². The van der Waals surface area contributed by atoms with E-state index in [4.69, 9.17) is 19.8 Å². The summed E-state index contributed by atoms with van der Waals surface area (Å²) < 4.78 is 13.1. The van der Waals surface area contributed by atoms with Crippen LogP contribution in [0, 0.1) is 0 Å². The molecule has 2 N–H and O–H groups in total. The first kappa shape index (κ1) is 24.6. The Kier molecular flexibility index (Phi) is 7.97. The minimum atomic E-state index is -1.82. The maximum atomic E-state index is 13.1. The second-order valence-electron chi connectivity index (χ2n) is 8.59. The van der Waals surface area contributed by atoms with Crippen LogP contribution in [-0.2, 0) is 25.8 Å². The Hall–Kier alpha value is -2.71. The topological polar surface area (TPSA) is 98.2 Å². The Morgan fingerprint density at radius 2 is 1.55 bits per heavy atom. The quantitative estimate of drug-likeness (QED) is 0.691. The van der Waals surface area contributed by atoms with Gasteiger partial charge < -0.3 is 20.0 Å². The molecule has 168 valence electrons. The van der Waals surface area contributed by atoms with Gasteiger partial charge in [0.05, 0.1) is 32.0 Å². The SMILES string of the molecule is CN(C)CCCN1c2ccccc2S(=O)c2ccc(C(C)(C)C)cc21.O=C(O)C(=O)O. The number of hydrogen-bond donors (Lipinski definition) is 2. The second kappa shape index (κ2) is 10.1. The molecule has 1 atom stereocenters. The lowest BCUT2D eigenvalue weighted by Crippen LogP contribution is -2.28. The van der Waals surface area contributed by atoms with Crippen LogP contribution < -0.4 is 4.90 Å². The summed E-state index contributed by atoms with van der Waals surface area (Å²) in [5.41, 5.74) is 3.53. The summed E-state index contributed by atoms with van der Waals surface area (Å²) in [6.45, 7) is 8.62. The fourth-order valence-electron chi connectivity index (χ4n) is 3.22. The molecule has 0 fully saturated rings. The van der Waals surface area contributed by atoms with Gasteiger partial charge in [0, 0.05) is 6.54 Å². The second-order valence-corrected chi connectivity index (χ2v) is 10.0. The van der Waals surface area contributed by atoms with Crippen LogP contribution in [0.3, 0.4) is 0 Å². The molecule has 0 spiro atoms. The van der Waals surface area contributed by atoms with Crippen LogP contribution in [0.4, 0.5) is 11.4 Å². The van der Waals surface area contributed by atoms with Crippen molar-refractivity contribution in [3.05, 3.63) is 48.0 Å². The fraction of sp³-hybridized carbons (Fsp3) is 0.391. The van der Waals surface area contributed by atoms with Crippen molar-refractivity contribution in [1.82, 2.24) is 4.90 Å². The highest BCUT2D eigenvalue weighted by molar-refractivity contribution is 7.85. The van der Waals surface area contributed by atoms with Gasteiger partial charge in [-0.1, -0.05) is 39.0 Å². The van der Waals surface area contributed by atoms with Crippen LogP contribution in [0.5, 0.6) is 0 Å². The van der Waals surface area contributed by atoms with Gasteiger partial charge in [-0.3, -0.25) is 0 Å². The Morgan fingerprint density at radius 3 is 2.10 bits per heavy atom. The summed E-state index contributed by atoms with van der Waals surface area (Å²) >= 11 is 0. The molecule has 1 heterocycles. The zero-order valence-corrected chi connectivity index (χ0v) is 19.4. The zero-order valence-electron chi connectivity index (χ0n) is 18.6. The summed E-state index contributed by atoms with van der Waals surface area (Å²) in [6.07, 6.45) is 1.06. The molecule has 2 aromatic carbocycles. The third kappa shape index (κ3) is 6.15. The molecule has 0 aliphatic carbocycles. The summed E-state index contributed by atoms with van der Waals surface area (Å²) in [7, 11) is 3.09. The third-order valence-corrected chi connectivity index (χ3v) is 6.33. The molecule has 31 heavy (non-hydrogen) atoms. The highest BCUT2D eigenvalue weighted by Gasteiger charge is 2.29. The molecule has 0 bridgehead atoms. The first-order valence-corrected chi connectivity index (χ1v) is 11.1. The molecule has 8 heteroatoms. The van der Waals surface area contributed by atoms with E-state index in [0.29, 0.717) is 0 Å². The number of anilines is 2. The van der Waals surface area contributed by atoms with Gasteiger partial charge in [0.15, 0.2) is 0 Å². The smallest absolute Gasteiger partial charge is 0.414 e. The number of nitrogens with zero attached hydrogens (tertiary/aromatic N) is 2. The van der Waals surface area contributed by atoms with Crippen LogP contribution in [-0.4, -0.2) is 58.4 Å². The van der Waals surface area contributed by atoms with Gasteiger partial charge in [-0.05, 0) is 62.3 Å². The van der Waals surface area contributed by atoms with E-state index in [0.717, 1.165) is 40.7 Å². The van der Waals surface area contributed by atoms with Crippen molar-refractivity contribution in [2.45, 2.75) is 42.4 Å². The number of fused-ring (bicyclic) bond motifs is 2. The van der Waals surface area contributed by atoms with Crippen molar-refractivity contribution in [3.63, 3.8) is 0 Å². The van der Waals surface area contributed by atoms with E-state index < -0.39 is 22.7 Å². The average Bonchev–Trinajstić information content (AvgIpc) is 2.69. The minimum Gasteiger partial charge on any atom is -0.473 e. The normalized spacial score (nSPS) is 14.9. The van der Waals surface area contributed by atoms with Crippen molar-refractivity contribution in [3.8, 4) is 0 Å². The molecule has 0 radical (unpaired) electrons. The third-order valence-electron chi connectivity index (χ3n) is 4.84. The van der Waals surface area contributed by atoms with E-state index in [9.17, 15) is 4.21 Å². The molecule has 0 aromatic heterocycles. The molecule has 0 saturated heterocycles. The van der Waals surface area contributed by atoms with Gasteiger partial charge >= 0.3 is 11.9 Å². The lowest BCUT2D eigenvalue weighted by Gasteiger charge is -2.34. The molecule has 1 unspecified atom stereocenters. The van der Waals surface area contributed by atoms with Crippen molar-refractivity contribution in [2.75, 3.05) is 32.1 Å². The van der Waals surface area contributed by atoms with Crippen molar-refractivity contribution in [1.29, 1.82) is 0 Å². The summed E-state index contributed by atoms with van der Waals surface area (Å²) in [4.78, 5) is 24.6. The number of rotatable bonds is 4. The molecule has 1 aliphatic rings. The van der Waals surface area contributed by atoms with Crippen molar-refractivity contribution < 1.29 is 24.0 Å². The van der Waals surface area contributed by atoms with E-state index in [1.165, 1.54) is 5.56 Å². The minimum absolute atomic E-state index is 0.0722. The first-order chi connectivity index (χ1) is 14.4. The number of benzene rings is 2. The maximum absolute atomic E-state index is 13.1. The monoisotopic (exact) mass is 446 g/mol. The Bertz CT molecular complexity index is 970. The summed E-state index contributed by atoms with van der Waals surface area (Å²) in [5, 5.41) is 14.8. The molecule has 7 nitrogen and oxygen atoms in total. The van der Waals surface area contributed by atoms with Gasteiger partial charge in [-0.15, -0.1) is 0 Å².